The summed E-state index contributed by atoms with van der Waals surface area (Å²) in [7, 11) is 0. The number of carboxylic acids is 1. The van der Waals surface area contributed by atoms with Gasteiger partial charge in [0.1, 0.15) is 0 Å². The minimum Gasteiger partial charge on any atom is -0.481 e. The summed E-state index contributed by atoms with van der Waals surface area (Å²) in [5, 5.41) is 9.63. The summed E-state index contributed by atoms with van der Waals surface area (Å²) < 4.78 is 0. The second kappa shape index (κ2) is 9.56. The zero-order valence-electron chi connectivity index (χ0n) is 15.5. The Bertz CT molecular complexity index is 665. The molecule has 2 heteroatoms. The molecular formula is C24H30O2. The maximum atomic E-state index is 11.7. The van der Waals surface area contributed by atoms with Crippen molar-refractivity contribution >= 4 is 5.97 Å². The molecule has 1 N–H and O–H groups in total. The minimum atomic E-state index is -0.607. The van der Waals surface area contributed by atoms with E-state index in [1.807, 2.05) is 6.07 Å². The topological polar surface area (TPSA) is 37.3 Å². The predicted octanol–water partition coefficient (Wildman–Crippen LogP) is 5.76. The molecule has 1 fully saturated rings. The Morgan fingerprint density at radius 2 is 1.31 bits per heavy atom. The van der Waals surface area contributed by atoms with Crippen molar-refractivity contribution in [3.8, 4) is 0 Å². The van der Waals surface area contributed by atoms with Crippen LogP contribution in [0.2, 0.25) is 0 Å². The number of aliphatic carboxylic acids is 1. The van der Waals surface area contributed by atoms with Crippen LogP contribution in [0.5, 0.6) is 0 Å². The molecule has 0 aliphatic heterocycles. The van der Waals surface area contributed by atoms with Crippen molar-refractivity contribution in [1.29, 1.82) is 0 Å². The van der Waals surface area contributed by atoms with Gasteiger partial charge in [-0.2, -0.15) is 0 Å². The van der Waals surface area contributed by atoms with E-state index in [2.05, 4.69) is 54.6 Å². The zero-order valence-corrected chi connectivity index (χ0v) is 15.5. The van der Waals surface area contributed by atoms with Gasteiger partial charge in [-0.3, -0.25) is 4.79 Å². The van der Waals surface area contributed by atoms with Crippen molar-refractivity contribution in [2.45, 2.75) is 51.4 Å². The molecule has 0 radical (unpaired) electrons. The summed E-state index contributed by atoms with van der Waals surface area (Å²) in [4.78, 5) is 11.7. The van der Waals surface area contributed by atoms with Crippen molar-refractivity contribution < 1.29 is 9.90 Å². The number of hydrogen-bond acceptors (Lipinski definition) is 1. The van der Waals surface area contributed by atoms with Crippen molar-refractivity contribution in [3.05, 3.63) is 71.8 Å². The Hall–Kier alpha value is -2.09. The maximum absolute atomic E-state index is 11.7. The van der Waals surface area contributed by atoms with Crippen LogP contribution in [0, 0.1) is 17.8 Å². The first kappa shape index (κ1) is 18.7. The molecule has 3 unspecified atom stereocenters. The Kier molecular flexibility index (Phi) is 6.88. The first-order valence-electron chi connectivity index (χ1n) is 10.0. The summed E-state index contributed by atoms with van der Waals surface area (Å²) in [6, 6.07) is 21.3. The fourth-order valence-corrected chi connectivity index (χ4v) is 4.42. The molecule has 138 valence electrons. The van der Waals surface area contributed by atoms with Crippen molar-refractivity contribution in [3.63, 3.8) is 0 Å². The largest absolute Gasteiger partial charge is 0.481 e. The van der Waals surface area contributed by atoms with Gasteiger partial charge < -0.3 is 5.11 Å². The van der Waals surface area contributed by atoms with Gasteiger partial charge >= 0.3 is 5.97 Å². The SMILES string of the molecule is O=C(O)C1CCCC(Cc2ccccc2)CCC(Cc2ccccc2)C1. The van der Waals surface area contributed by atoms with Gasteiger partial charge in [0.2, 0.25) is 0 Å². The van der Waals surface area contributed by atoms with Gasteiger partial charge in [-0.15, -0.1) is 0 Å². The molecule has 0 saturated heterocycles. The minimum absolute atomic E-state index is 0.181. The Morgan fingerprint density at radius 3 is 1.88 bits per heavy atom. The number of benzene rings is 2. The van der Waals surface area contributed by atoms with Gasteiger partial charge in [0.25, 0.3) is 0 Å². The molecule has 3 rings (SSSR count). The third kappa shape index (κ3) is 5.72. The maximum Gasteiger partial charge on any atom is 0.306 e. The molecular weight excluding hydrogens is 320 g/mol. The normalized spacial score (nSPS) is 24.2. The third-order valence-electron chi connectivity index (χ3n) is 5.85. The molecule has 0 aromatic heterocycles. The van der Waals surface area contributed by atoms with Gasteiger partial charge in [0.05, 0.1) is 5.92 Å². The highest BCUT2D eigenvalue weighted by Gasteiger charge is 2.26. The van der Waals surface area contributed by atoms with E-state index in [0.717, 1.165) is 44.9 Å². The van der Waals surface area contributed by atoms with Crippen LogP contribution in [-0.4, -0.2) is 11.1 Å². The lowest BCUT2D eigenvalue weighted by Gasteiger charge is -2.21. The first-order chi connectivity index (χ1) is 12.7. The van der Waals surface area contributed by atoms with E-state index in [0.29, 0.717) is 11.8 Å². The molecule has 2 nitrogen and oxygen atoms in total. The molecule has 1 aliphatic carbocycles. The van der Waals surface area contributed by atoms with Gasteiger partial charge in [-0.05, 0) is 61.5 Å². The lowest BCUT2D eigenvalue weighted by Crippen LogP contribution is -2.19. The van der Waals surface area contributed by atoms with Crippen LogP contribution in [0.1, 0.15) is 49.7 Å². The fraction of sp³-hybridized carbons (Fsp3) is 0.458. The third-order valence-corrected chi connectivity index (χ3v) is 5.85. The van der Waals surface area contributed by atoms with Gasteiger partial charge in [0, 0.05) is 0 Å². The average Bonchev–Trinajstić information content (AvgIpc) is 2.75. The smallest absolute Gasteiger partial charge is 0.306 e. The molecule has 2 aromatic carbocycles. The molecule has 26 heavy (non-hydrogen) atoms. The number of hydrogen-bond donors (Lipinski definition) is 1. The zero-order chi connectivity index (χ0) is 18.2. The number of rotatable bonds is 5. The molecule has 1 aliphatic rings. The number of carbonyl (C=O) groups is 1. The van der Waals surface area contributed by atoms with Crippen LogP contribution in [0.25, 0.3) is 0 Å². The summed E-state index contributed by atoms with van der Waals surface area (Å²) >= 11 is 0. The van der Waals surface area contributed by atoms with Crippen LogP contribution in [0.4, 0.5) is 0 Å². The Balaban J connectivity index is 1.68. The van der Waals surface area contributed by atoms with Gasteiger partial charge in [0.15, 0.2) is 0 Å². The van der Waals surface area contributed by atoms with E-state index in [1.165, 1.54) is 17.5 Å². The Labute approximate surface area is 157 Å². The molecule has 0 bridgehead atoms. The molecule has 0 heterocycles. The van der Waals surface area contributed by atoms with Crippen molar-refractivity contribution in [2.24, 2.45) is 17.8 Å². The van der Waals surface area contributed by atoms with Crippen LogP contribution in [0.15, 0.2) is 60.7 Å². The van der Waals surface area contributed by atoms with Gasteiger partial charge in [-0.25, -0.2) is 0 Å². The van der Waals surface area contributed by atoms with E-state index >= 15 is 0 Å². The summed E-state index contributed by atoms with van der Waals surface area (Å²) in [6.07, 6.45) is 8.30. The monoisotopic (exact) mass is 350 g/mol. The second-order valence-electron chi connectivity index (χ2n) is 7.89. The van der Waals surface area contributed by atoms with Crippen molar-refractivity contribution in [2.75, 3.05) is 0 Å². The van der Waals surface area contributed by atoms with E-state index < -0.39 is 5.97 Å². The average molecular weight is 351 g/mol. The van der Waals surface area contributed by atoms with Crippen LogP contribution in [-0.2, 0) is 17.6 Å². The lowest BCUT2D eigenvalue weighted by atomic mass is 9.84. The van der Waals surface area contributed by atoms with Crippen molar-refractivity contribution in [1.82, 2.24) is 0 Å². The molecule has 3 atom stereocenters. The molecule has 0 spiro atoms. The molecule has 1 saturated carbocycles. The highest BCUT2D eigenvalue weighted by Crippen LogP contribution is 2.32. The van der Waals surface area contributed by atoms with Crippen LogP contribution >= 0.6 is 0 Å². The van der Waals surface area contributed by atoms with E-state index in [4.69, 9.17) is 0 Å². The lowest BCUT2D eigenvalue weighted by molar-refractivity contribution is -0.142. The fourth-order valence-electron chi connectivity index (χ4n) is 4.42. The van der Waals surface area contributed by atoms with Gasteiger partial charge in [-0.1, -0.05) is 73.5 Å². The standard InChI is InChI=1S/C24H30O2/c25-24(26)23-13-7-12-21(16-19-8-3-1-4-9-19)14-15-22(18-23)17-20-10-5-2-6-11-20/h1-6,8-11,21-23H,7,12-18H2,(H,25,26). The number of carboxylic acid groups (broad SMARTS) is 1. The predicted molar refractivity (Wildman–Crippen MR) is 106 cm³/mol. The second-order valence-corrected chi connectivity index (χ2v) is 7.89. The summed E-state index contributed by atoms with van der Waals surface area (Å²) in [5.41, 5.74) is 2.74. The highest BCUT2D eigenvalue weighted by molar-refractivity contribution is 5.69. The molecule has 2 aromatic rings. The van der Waals surface area contributed by atoms with Crippen LogP contribution in [0.3, 0.4) is 0 Å². The summed E-state index contributed by atoms with van der Waals surface area (Å²) in [6.45, 7) is 0. The van der Waals surface area contributed by atoms with E-state index in [9.17, 15) is 9.90 Å². The van der Waals surface area contributed by atoms with Crippen LogP contribution < -0.4 is 0 Å². The van der Waals surface area contributed by atoms with E-state index in [-0.39, 0.29) is 5.92 Å². The Morgan fingerprint density at radius 1 is 0.769 bits per heavy atom. The summed E-state index contributed by atoms with van der Waals surface area (Å²) in [5.74, 6) is 0.349. The quantitative estimate of drug-likeness (QED) is 0.744. The highest BCUT2D eigenvalue weighted by atomic mass is 16.4. The molecule has 0 amide bonds. The van der Waals surface area contributed by atoms with E-state index in [1.54, 1.807) is 0 Å². The first-order valence-corrected chi connectivity index (χ1v) is 10.0.